The van der Waals surface area contributed by atoms with E-state index in [1.807, 2.05) is 6.92 Å². The van der Waals surface area contributed by atoms with E-state index in [1.54, 1.807) is 0 Å². The normalized spacial score (nSPS) is 46.6. The number of hydrogen-bond acceptors (Lipinski definition) is 14. The molecule has 2 heterocycles. The third kappa shape index (κ3) is 4.27. The van der Waals surface area contributed by atoms with Gasteiger partial charge in [-0.3, -0.25) is 14.4 Å². The van der Waals surface area contributed by atoms with Crippen LogP contribution in [0.3, 0.4) is 0 Å². The van der Waals surface area contributed by atoms with Gasteiger partial charge in [0.2, 0.25) is 0 Å². The van der Waals surface area contributed by atoms with Gasteiger partial charge >= 0.3 is 29.8 Å². The quantitative estimate of drug-likeness (QED) is 0.158. The molecule has 2 bridgehead atoms. The summed E-state index contributed by atoms with van der Waals surface area (Å²) in [6.07, 6.45) is 1.04. The van der Waals surface area contributed by atoms with E-state index in [1.165, 1.54) is 13.0 Å². The summed E-state index contributed by atoms with van der Waals surface area (Å²) >= 11 is 0. The van der Waals surface area contributed by atoms with Gasteiger partial charge in [-0.15, -0.1) is 0 Å². The molecule has 0 amide bonds. The molecule has 14 nitrogen and oxygen atoms in total. The Labute approximate surface area is 310 Å². The molecule has 0 unspecified atom stereocenters. The molecule has 14 heteroatoms. The van der Waals surface area contributed by atoms with Gasteiger partial charge in [0.1, 0.15) is 37.1 Å². The first-order valence-electron chi connectivity index (χ1n) is 18.8. The highest BCUT2D eigenvalue weighted by Crippen LogP contribution is 2.83. The van der Waals surface area contributed by atoms with Crippen LogP contribution >= 0.6 is 0 Å². The number of Topliss-reactive ketones (excluding diaryl/α,β-unsaturated/α-hetero) is 1. The lowest BCUT2D eigenvalue weighted by Gasteiger charge is -2.63. The monoisotopic (exact) mass is 748 g/mol. The smallest absolute Gasteiger partial charge is 0.338 e. The van der Waals surface area contributed by atoms with Crippen molar-refractivity contribution in [2.24, 2.45) is 52.3 Å². The van der Waals surface area contributed by atoms with Crippen LogP contribution in [0.25, 0.3) is 0 Å². The average molecular weight is 749 g/mol. The van der Waals surface area contributed by atoms with E-state index in [2.05, 4.69) is 6.92 Å². The Hall–Kier alpha value is -4.14. The van der Waals surface area contributed by atoms with Crippen molar-refractivity contribution in [3.05, 3.63) is 45.1 Å². The van der Waals surface area contributed by atoms with E-state index in [9.17, 15) is 44.1 Å². The average Bonchev–Trinajstić information content (AvgIpc) is 4.06. The molecule has 5 fully saturated rings. The first kappa shape index (κ1) is 35.6. The predicted octanol–water partition coefficient (Wildman–Crippen LogP) is 1.35. The zero-order chi connectivity index (χ0) is 38.4. The molecule has 0 aromatic carbocycles. The fraction of sp³-hybridized carbons (Fsp3) is 0.650. The second kappa shape index (κ2) is 11.5. The molecule has 0 saturated heterocycles. The minimum Gasteiger partial charge on any atom is -0.466 e. The van der Waals surface area contributed by atoms with Crippen molar-refractivity contribution in [2.75, 3.05) is 33.5 Å². The van der Waals surface area contributed by atoms with Gasteiger partial charge in [-0.1, -0.05) is 19.4 Å². The molecule has 288 valence electrons. The Bertz CT molecular complexity index is 1990. The summed E-state index contributed by atoms with van der Waals surface area (Å²) < 4.78 is 28.3. The molecule has 7 aliphatic carbocycles. The number of aliphatic hydroxyl groups is 3. The Morgan fingerprint density at radius 2 is 1.67 bits per heavy atom. The molecule has 9 aliphatic rings. The van der Waals surface area contributed by atoms with Crippen molar-refractivity contribution >= 4 is 35.6 Å². The van der Waals surface area contributed by atoms with Crippen molar-refractivity contribution in [1.82, 2.24) is 0 Å². The summed E-state index contributed by atoms with van der Waals surface area (Å²) in [5.74, 6) is -7.27. The van der Waals surface area contributed by atoms with Crippen LogP contribution in [0.15, 0.2) is 45.1 Å². The number of carbonyl (C=O) groups is 6. The number of cyclic esters (lactones) is 3. The minimum atomic E-state index is -1.63. The molecule has 3 N–H and O–H groups in total. The summed E-state index contributed by atoms with van der Waals surface area (Å²) in [6, 6.07) is 0. The largest absolute Gasteiger partial charge is 0.466 e. The molecule has 0 aromatic rings. The highest BCUT2D eigenvalue weighted by Gasteiger charge is 2.84. The Balaban J connectivity index is 1.27. The highest BCUT2D eigenvalue weighted by atomic mass is 16.6. The van der Waals surface area contributed by atoms with Crippen LogP contribution in [0.2, 0.25) is 0 Å². The van der Waals surface area contributed by atoms with E-state index in [4.69, 9.17) is 23.7 Å². The van der Waals surface area contributed by atoms with Gasteiger partial charge in [0, 0.05) is 28.4 Å². The number of allylic oxidation sites excluding steroid dienone is 1. The van der Waals surface area contributed by atoms with E-state index < -0.39 is 94.7 Å². The predicted molar refractivity (Wildman–Crippen MR) is 180 cm³/mol. The van der Waals surface area contributed by atoms with E-state index in [0.717, 1.165) is 24.7 Å². The Kier molecular flexibility index (Phi) is 7.54. The van der Waals surface area contributed by atoms with Gasteiger partial charge in [-0.2, -0.15) is 0 Å². The highest BCUT2D eigenvalue weighted by molar-refractivity contribution is 6.09. The molecule has 2 aliphatic heterocycles. The van der Waals surface area contributed by atoms with Crippen LogP contribution in [-0.2, 0) is 52.5 Å². The van der Waals surface area contributed by atoms with Crippen LogP contribution < -0.4 is 0 Å². The first-order valence-corrected chi connectivity index (χ1v) is 18.8. The zero-order valence-electron chi connectivity index (χ0n) is 30.6. The van der Waals surface area contributed by atoms with E-state index >= 15 is 0 Å². The van der Waals surface area contributed by atoms with Crippen LogP contribution in [-0.4, -0.2) is 102 Å². The Morgan fingerprint density at radius 1 is 0.944 bits per heavy atom. The van der Waals surface area contributed by atoms with Crippen LogP contribution in [0.5, 0.6) is 0 Å². The van der Waals surface area contributed by atoms with Gasteiger partial charge in [-0.25, -0.2) is 14.4 Å². The van der Waals surface area contributed by atoms with Crippen molar-refractivity contribution in [3.8, 4) is 0 Å². The fourth-order valence-corrected chi connectivity index (χ4v) is 12.7. The fourth-order valence-electron chi connectivity index (χ4n) is 12.7. The van der Waals surface area contributed by atoms with Gasteiger partial charge in [-0.05, 0) is 78.9 Å². The molecule has 1 spiro atoms. The number of ether oxygens (including phenoxy) is 5. The summed E-state index contributed by atoms with van der Waals surface area (Å²) in [5.41, 5.74) is -3.09. The van der Waals surface area contributed by atoms with Gasteiger partial charge in [0.15, 0.2) is 5.78 Å². The van der Waals surface area contributed by atoms with Crippen molar-refractivity contribution in [2.45, 2.75) is 76.6 Å². The molecule has 9 rings (SSSR count). The standard InChI is InChI=1S/C40H44O14/c1-16-7-8-51-27(42)5-6-28(43)52-14-20-22-12-25-37(2,23-11-24(23)39(25,49)15-53-34(16)46)26-10-18-17-9-21(17)38(3)30(18)31(40(22,26)54-36(20)48)29(32(44)33(38)45)19(13-41)35(47)50-4/h7,17,21,23-26,31,33,41,45,49H,5-6,8-15H2,1-4H3/b16-7+,29-19+/t17-,21-,23-,24+,25-,26+,31+,33+,37+,38+,39+,40+/m1/s1. The second-order valence-electron chi connectivity index (χ2n) is 17.2. The molecule has 5 saturated carbocycles. The van der Waals surface area contributed by atoms with E-state index in [0.29, 0.717) is 18.4 Å². The Morgan fingerprint density at radius 3 is 2.37 bits per heavy atom. The van der Waals surface area contributed by atoms with Crippen molar-refractivity contribution in [1.29, 1.82) is 0 Å². The maximum absolute atomic E-state index is 14.6. The van der Waals surface area contributed by atoms with Crippen molar-refractivity contribution in [3.63, 3.8) is 0 Å². The lowest BCUT2D eigenvalue weighted by Crippen LogP contribution is -2.67. The number of carbonyl (C=O) groups excluding carboxylic acids is 6. The number of esters is 5. The lowest BCUT2D eigenvalue weighted by molar-refractivity contribution is -0.191. The molecule has 0 radical (unpaired) electrons. The van der Waals surface area contributed by atoms with E-state index in [-0.39, 0.29) is 78.4 Å². The van der Waals surface area contributed by atoms with Crippen LogP contribution in [0.1, 0.15) is 59.3 Å². The molecular weight excluding hydrogens is 704 g/mol. The second-order valence-corrected chi connectivity index (χ2v) is 17.2. The van der Waals surface area contributed by atoms with Gasteiger partial charge < -0.3 is 39.0 Å². The SMILES string of the molecule is COC(=O)/C(CO)=C1/C(=O)[C@H](O)[C@]2(C)C3=C(C[C@@H]4[C@]5(OC(=O)C6=C5C[C@H]5[C@](O)(COC(=O)/C(C)=C/COC(=O)CCC(=O)OC6)[C@H]6C[C@H]6[C@]45C)[C@H]31)[C@H]1C[C@H]12. The van der Waals surface area contributed by atoms with Gasteiger partial charge in [0.25, 0.3) is 0 Å². The number of aliphatic hydroxyl groups excluding tert-OH is 2. The summed E-state index contributed by atoms with van der Waals surface area (Å²) in [5, 5.41) is 35.3. The van der Waals surface area contributed by atoms with Crippen LogP contribution in [0, 0.1) is 52.3 Å². The molecular formula is C40H44O14. The lowest BCUT2D eigenvalue weighted by atomic mass is 9.42. The minimum absolute atomic E-state index is 0.0215. The summed E-state index contributed by atoms with van der Waals surface area (Å²) in [6.45, 7) is 3.47. The summed E-state index contributed by atoms with van der Waals surface area (Å²) in [7, 11) is 1.13. The summed E-state index contributed by atoms with van der Waals surface area (Å²) in [4.78, 5) is 81.0. The topological polar surface area (TPSA) is 209 Å². The number of methoxy groups -OCH3 is 1. The van der Waals surface area contributed by atoms with Gasteiger partial charge in [0.05, 0.1) is 43.6 Å². The maximum Gasteiger partial charge on any atom is 0.338 e. The number of rotatable bonds is 2. The maximum atomic E-state index is 14.6. The number of ketones is 1. The number of hydrogen-bond donors (Lipinski definition) is 3. The molecule has 54 heavy (non-hydrogen) atoms. The van der Waals surface area contributed by atoms with Crippen molar-refractivity contribution < 1.29 is 67.8 Å². The molecule has 12 atom stereocenters. The number of fused-ring (bicyclic) bond motifs is 7. The zero-order valence-corrected chi connectivity index (χ0v) is 30.6. The van der Waals surface area contributed by atoms with Crippen LogP contribution in [0.4, 0.5) is 0 Å². The first-order chi connectivity index (χ1) is 25.6. The third-order valence-corrected chi connectivity index (χ3v) is 15.3. The molecule has 0 aromatic heterocycles. The third-order valence-electron chi connectivity index (χ3n) is 15.3.